The molecule has 4 nitrogen and oxygen atoms in total. The maximum absolute atomic E-state index is 12.7. The zero-order valence-corrected chi connectivity index (χ0v) is 18.0. The highest BCUT2D eigenvalue weighted by molar-refractivity contribution is 7.18. The first-order chi connectivity index (χ1) is 13.7. The zero-order valence-electron chi connectivity index (χ0n) is 14.0. The van der Waals surface area contributed by atoms with Crippen molar-refractivity contribution in [2.24, 2.45) is 0 Å². The number of thiophene rings is 3. The summed E-state index contributed by atoms with van der Waals surface area (Å²) in [5.74, 6) is 0.351. The number of H-pyrrole nitrogens is 1. The van der Waals surface area contributed by atoms with Crippen LogP contribution in [0.1, 0.15) is 11.5 Å². The molecule has 0 saturated carbocycles. The molecule has 1 N–H and O–H groups in total. The molecule has 5 aromatic rings. The van der Waals surface area contributed by atoms with Gasteiger partial charge in [0.1, 0.15) is 9.84 Å². The van der Waals surface area contributed by atoms with Gasteiger partial charge in [0.25, 0.3) is 5.56 Å². The van der Waals surface area contributed by atoms with Crippen molar-refractivity contribution in [3.8, 4) is 21.0 Å². The molecule has 5 heterocycles. The number of rotatable bonds is 4. The van der Waals surface area contributed by atoms with Crippen LogP contribution in [0.4, 0.5) is 0 Å². The van der Waals surface area contributed by atoms with Gasteiger partial charge in [-0.25, -0.2) is 9.97 Å². The molecule has 5 aromatic heterocycles. The van der Waals surface area contributed by atoms with Gasteiger partial charge in [-0.2, -0.15) is 11.3 Å². The van der Waals surface area contributed by atoms with Crippen LogP contribution in [0.3, 0.4) is 0 Å². The maximum atomic E-state index is 12.7. The first kappa shape index (κ1) is 18.0. The highest BCUT2D eigenvalue weighted by Gasteiger charge is 2.15. The third-order valence-electron chi connectivity index (χ3n) is 4.02. The molecule has 0 radical (unpaired) electrons. The van der Waals surface area contributed by atoms with Crippen LogP contribution in [-0.4, -0.2) is 15.0 Å². The smallest absolute Gasteiger partial charge is 0.260 e. The van der Waals surface area contributed by atoms with Crippen molar-refractivity contribution < 1.29 is 0 Å². The molecule has 0 unspecified atom stereocenters. The minimum Gasteiger partial charge on any atom is -0.305 e. The van der Waals surface area contributed by atoms with E-state index in [1.807, 2.05) is 39.7 Å². The summed E-state index contributed by atoms with van der Waals surface area (Å²) in [5, 5.41) is 11.9. The van der Waals surface area contributed by atoms with Gasteiger partial charge < -0.3 is 4.98 Å². The Morgan fingerprint density at radius 2 is 2.00 bits per heavy atom. The second-order valence-corrected chi connectivity index (χ2v) is 9.65. The van der Waals surface area contributed by atoms with Crippen molar-refractivity contribution in [3.63, 3.8) is 0 Å². The quantitative estimate of drug-likeness (QED) is 0.328. The molecule has 0 aliphatic heterocycles. The van der Waals surface area contributed by atoms with Gasteiger partial charge in [-0.3, -0.25) is 4.79 Å². The SMILES string of the molecule is O=c1[nH]c(/C(Cl)=C\c2csc(-c3ccsc3)n2)nc2scc(-c3cccs3)c12. The van der Waals surface area contributed by atoms with Crippen LogP contribution in [0, 0.1) is 0 Å². The van der Waals surface area contributed by atoms with Crippen LogP contribution in [0.2, 0.25) is 0 Å². The highest BCUT2D eigenvalue weighted by Crippen LogP contribution is 2.34. The van der Waals surface area contributed by atoms with E-state index >= 15 is 0 Å². The molecular weight excluding hydrogens is 450 g/mol. The molecule has 0 aromatic carbocycles. The number of nitrogens with zero attached hydrogens (tertiary/aromatic N) is 2. The number of halogens is 1. The van der Waals surface area contributed by atoms with Gasteiger partial charge in [0, 0.05) is 32.1 Å². The Morgan fingerprint density at radius 1 is 1.07 bits per heavy atom. The van der Waals surface area contributed by atoms with E-state index in [1.54, 1.807) is 40.1 Å². The molecule has 5 rings (SSSR count). The summed E-state index contributed by atoms with van der Waals surface area (Å²) in [4.78, 5) is 26.4. The topological polar surface area (TPSA) is 58.6 Å². The Bertz CT molecular complexity index is 1340. The monoisotopic (exact) mass is 459 g/mol. The predicted molar refractivity (Wildman–Crippen MR) is 123 cm³/mol. The molecule has 0 saturated heterocycles. The van der Waals surface area contributed by atoms with Gasteiger partial charge in [0.05, 0.1) is 16.1 Å². The number of fused-ring (bicyclic) bond motifs is 1. The number of hydrogen-bond acceptors (Lipinski definition) is 7. The van der Waals surface area contributed by atoms with Crippen molar-refractivity contribution >= 4 is 78.3 Å². The average molecular weight is 460 g/mol. The Balaban J connectivity index is 1.52. The van der Waals surface area contributed by atoms with Crippen molar-refractivity contribution in [1.82, 2.24) is 15.0 Å². The molecule has 0 fully saturated rings. The minimum atomic E-state index is -0.187. The van der Waals surface area contributed by atoms with E-state index in [0.717, 1.165) is 26.7 Å². The van der Waals surface area contributed by atoms with Crippen molar-refractivity contribution in [3.05, 3.63) is 67.0 Å². The van der Waals surface area contributed by atoms with Crippen LogP contribution < -0.4 is 5.56 Å². The van der Waals surface area contributed by atoms with E-state index in [0.29, 0.717) is 21.1 Å². The number of thiazole rings is 1. The summed E-state index contributed by atoms with van der Waals surface area (Å²) < 4.78 is 0. The highest BCUT2D eigenvalue weighted by atomic mass is 35.5. The van der Waals surface area contributed by atoms with Gasteiger partial charge >= 0.3 is 0 Å². The molecule has 0 aliphatic carbocycles. The summed E-state index contributed by atoms with van der Waals surface area (Å²) >= 11 is 12.7. The van der Waals surface area contributed by atoms with Crippen LogP contribution in [-0.2, 0) is 0 Å². The van der Waals surface area contributed by atoms with Crippen molar-refractivity contribution in [1.29, 1.82) is 0 Å². The summed E-state index contributed by atoms with van der Waals surface area (Å²) in [6.07, 6.45) is 1.73. The lowest BCUT2D eigenvalue weighted by molar-refractivity contribution is 1.14. The van der Waals surface area contributed by atoms with Gasteiger partial charge in [0.2, 0.25) is 0 Å². The van der Waals surface area contributed by atoms with Crippen molar-refractivity contribution in [2.45, 2.75) is 0 Å². The maximum Gasteiger partial charge on any atom is 0.260 e. The zero-order chi connectivity index (χ0) is 19.1. The van der Waals surface area contributed by atoms with Crippen LogP contribution in [0.5, 0.6) is 0 Å². The molecule has 28 heavy (non-hydrogen) atoms. The van der Waals surface area contributed by atoms with Crippen molar-refractivity contribution in [2.75, 3.05) is 0 Å². The lowest BCUT2D eigenvalue weighted by atomic mass is 10.2. The van der Waals surface area contributed by atoms with E-state index in [2.05, 4.69) is 20.3 Å². The molecule has 0 spiro atoms. The normalized spacial score (nSPS) is 12.1. The molecule has 138 valence electrons. The van der Waals surface area contributed by atoms with Gasteiger partial charge in [-0.05, 0) is 29.0 Å². The predicted octanol–water partition coefficient (Wildman–Crippen LogP) is 6.64. The van der Waals surface area contributed by atoms with E-state index < -0.39 is 0 Å². The first-order valence-electron chi connectivity index (χ1n) is 8.10. The number of hydrogen-bond donors (Lipinski definition) is 1. The standard InChI is InChI=1S/C19H10ClN3OS4/c20-13(6-11-8-27-18(21-11)10-3-5-25-7-10)16-22-17(24)15-12(9-28-19(15)23-16)14-2-1-4-26-14/h1-9H,(H,22,23,24)/b13-6+. The van der Waals surface area contributed by atoms with E-state index in [4.69, 9.17) is 11.6 Å². The fourth-order valence-corrected chi connectivity index (χ4v) is 6.20. The third kappa shape index (κ3) is 3.27. The number of aromatic nitrogens is 3. The summed E-state index contributed by atoms with van der Waals surface area (Å²) in [6.45, 7) is 0. The second kappa shape index (κ2) is 7.38. The van der Waals surface area contributed by atoms with Crippen LogP contribution in [0.25, 0.3) is 42.3 Å². The Morgan fingerprint density at radius 3 is 2.79 bits per heavy atom. The largest absolute Gasteiger partial charge is 0.305 e. The fraction of sp³-hybridized carbons (Fsp3) is 0. The summed E-state index contributed by atoms with van der Waals surface area (Å²) in [7, 11) is 0. The third-order valence-corrected chi connectivity index (χ3v) is 7.68. The lowest BCUT2D eigenvalue weighted by Crippen LogP contribution is -2.10. The van der Waals surface area contributed by atoms with Gasteiger partial charge in [0.15, 0.2) is 5.82 Å². The molecule has 0 bridgehead atoms. The second-order valence-electron chi connectivity index (χ2n) is 5.80. The van der Waals surface area contributed by atoms with E-state index in [1.165, 1.54) is 11.3 Å². The summed E-state index contributed by atoms with van der Waals surface area (Å²) in [6, 6.07) is 6.00. The Hall–Kier alpha value is -2.10. The fourth-order valence-electron chi connectivity index (χ4n) is 2.74. The van der Waals surface area contributed by atoms with Gasteiger partial charge in [-0.1, -0.05) is 17.7 Å². The van der Waals surface area contributed by atoms with E-state index in [9.17, 15) is 4.79 Å². The number of nitrogens with one attached hydrogen (secondary N) is 1. The van der Waals surface area contributed by atoms with Gasteiger partial charge in [-0.15, -0.1) is 34.0 Å². The van der Waals surface area contributed by atoms with Crippen LogP contribution in [0.15, 0.2) is 49.9 Å². The lowest BCUT2D eigenvalue weighted by Gasteiger charge is -2.00. The first-order valence-corrected chi connectivity index (χ1v) is 12.1. The molecular formula is C19H10ClN3OS4. The molecule has 9 heteroatoms. The number of aromatic amines is 1. The summed E-state index contributed by atoms with van der Waals surface area (Å²) in [5.41, 5.74) is 2.56. The van der Waals surface area contributed by atoms with Crippen LogP contribution >= 0.6 is 56.9 Å². The molecule has 0 aliphatic rings. The Labute approximate surface area is 180 Å². The van der Waals surface area contributed by atoms with E-state index in [-0.39, 0.29) is 5.56 Å². The molecule has 0 atom stereocenters. The average Bonchev–Trinajstić information content (AvgIpc) is 3.46. The Kier molecular flexibility index (Phi) is 4.73. The minimum absolute atomic E-state index is 0.187. The molecule has 0 amide bonds.